The first-order valence-electron chi connectivity index (χ1n) is 24.0. The summed E-state index contributed by atoms with van der Waals surface area (Å²) < 4.78 is 34.3. The van der Waals surface area contributed by atoms with Crippen LogP contribution < -0.4 is 0 Å². The largest absolute Gasteiger partial charge is 0.472 e. The number of allylic oxidation sites excluding steroid dienone is 10. The predicted octanol–water partition coefficient (Wildman–Crippen LogP) is 14.0. The monoisotopic (exact) mass is 865 g/mol. The molecule has 0 rings (SSSR count). The van der Waals surface area contributed by atoms with E-state index in [0.29, 0.717) is 23.9 Å². The standard InChI is InChI=1S/C50H90NO8P/c1-6-8-10-12-14-16-18-20-22-23-24-25-26-27-29-31-33-35-37-39-41-43-50(53)59-48(47-58-60(54,55)57-45-44-51(3,4)5)46-56-49(52)42-40-38-36-34-32-30-28-21-19-17-15-13-11-9-7-2/h9,11,15,17,20-22,28,32,34,48H,6-8,10,12-14,16,18-19,23-27,29-31,33,35-47H2,1-5H3/p+1/b11-9+,17-15+,22-20+,28-21+,34-32+/t48-/m1/s1. The fraction of sp³-hybridized carbons (Fsp3) is 0.760. The number of esters is 2. The molecule has 0 aromatic carbocycles. The lowest BCUT2D eigenvalue weighted by Gasteiger charge is -2.24. The van der Waals surface area contributed by atoms with E-state index in [0.717, 1.165) is 57.8 Å². The Hall–Kier alpha value is -2.29. The summed E-state index contributed by atoms with van der Waals surface area (Å²) in [6, 6.07) is 0. The molecule has 60 heavy (non-hydrogen) atoms. The molecule has 1 unspecified atom stereocenters. The average Bonchev–Trinajstić information content (AvgIpc) is 3.20. The van der Waals surface area contributed by atoms with Gasteiger partial charge in [0.25, 0.3) is 0 Å². The van der Waals surface area contributed by atoms with Gasteiger partial charge in [0, 0.05) is 12.8 Å². The van der Waals surface area contributed by atoms with Crippen molar-refractivity contribution < 1.29 is 42.1 Å². The maximum absolute atomic E-state index is 12.7. The van der Waals surface area contributed by atoms with Crippen LogP contribution in [0.3, 0.4) is 0 Å². The van der Waals surface area contributed by atoms with E-state index >= 15 is 0 Å². The summed E-state index contributed by atoms with van der Waals surface area (Å²) >= 11 is 0. The number of hydrogen-bond donors (Lipinski definition) is 1. The second-order valence-electron chi connectivity index (χ2n) is 17.1. The van der Waals surface area contributed by atoms with Gasteiger partial charge < -0.3 is 18.9 Å². The molecule has 0 aliphatic rings. The Bertz CT molecular complexity index is 1210. The molecule has 0 aliphatic carbocycles. The topological polar surface area (TPSA) is 108 Å². The number of hydrogen-bond acceptors (Lipinski definition) is 7. The molecule has 0 aliphatic heterocycles. The van der Waals surface area contributed by atoms with Crippen molar-refractivity contribution in [1.29, 1.82) is 0 Å². The quantitative estimate of drug-likeness (QED) is 0.0212. The summed E-state index contributed by atoms with van der Waals surface area (Å²) in [4.78, 5) is 35.4. The van der Waals surface area contributed by atoms with Gasteiger partial charge >= 0.3 is 19.8 Å². The molecule has 0 spiro atoms. The zero-order chi connectivity index (χ0) is 44.3. The number of carbonyl (C=O) groups excluding carboxylic acids is 2. The second kappa shape index (κ2) is 42.0. The molecule has 1 N–H and O–H groups in total. The van der Waals surface area contributed by atoms with Crippen LogP contribution in [-0.4, -0.2) is 74.9 Å². The minimum Gasteiger partial charge on any atom is -0.462 e. The van der Waals surface area contributed by atoms with Crippen molar-refractivity contribution in [3.63, 3.8) is 0 Å². The van der Waals surface area contributed by atoms with Crippen molar-refractivity contribution in [2.75, 3.05) is 47.5 Å². The van der Waals surface area contributed by atoms with E-state index in [-0.39, 0.29) is 26.1 Å². The smallest absolute Gasteiger partial charge is 0.462 e. The third kappa shape index (κ3) is 45.2. The molecule has 0 fully saturated rings. The van der Waals surface area contributed by atoms with Gasteiger partial charge in [0.05, 0.1) is 27.7 Å². The normalized spacial score (nSPS) is 14.0. The van der Waals surface area contributed by atoms with Gasteiger partial charge in [-0.2, -0.15) is 0 Å². The van der Waals surface area contributed by atoms with Gasteiger partial charge in [0.15, 0.2) is 6.10 Å². The van der Waals surface area contributed by atoms with Crippen LogP contribution in [0.4, 0.5) is 0 Å². The number of unbranched alkanes of at least 4 members (excludes halogenated alkanes) is 19. The Morgan fingerprint density at radius 1 is 0.533 bits per heavy atom. The van der Waals surface area contributed by atoms with Gasteiger partial charge in [-0.05, 0) is 77.0 Å². The molecule has 0 heterocycles. The zero-order valence-corrected chi connectivity index (χ0v) is 40.1. The van der Waals surface area contributed by atoms with Crippen LogP contribution in [0, 0.1) is 0 Å². The van der Waals surface area contributed by atoms with E-state index in [1.165, 1.54) is 96.3 Å². The molecule has 10 heteroatoms. The van der Waals surface area contributed by atoms with Gasteiger partial charge in [-0.15, -0.1) is 0 Å². The van der Waals surface area contributed by atoms with Gasteiger partial charge in [-0.25, -0.2) is 4.57 Å². The Labute approximate surface area is 368 Å². The van der Waals surface area contributed by atoms with Crippen molar-refractivity contribution in [2.24, 2.45) is 0 Å². The van der Waals surface area contributed by atoms with E-state index in [9.17, 15) is 19.0 Å². The number of quaternary nitrogens is 1. The lowest BCUT2D eigenvalue weighted by molar-refractivity contribution is -0.870. The highest BCUT2D eigenvalue weighted by atomic mass is 31.2. The summed E-state index contributed by atoms with van der Waals surface area (Å²) in [5, 5.41) is 0. The molecule has 0 aromatic rings. The number of likely N-dealkylation sites (N-methyl/N-ethyl adjacent to an activating group) is 1. The van der Waals surface area contributed by atoms with E-state index in [4.69, 9.17) is 18.5 Å². The van der Waals surface area contributed by atoms with Crippen molar-refractivity contribution in [3.8, 4) is 0 Å². The molecule has 9 nitrogen and oxygen atoms in total. The number of ether oxygens (including phenoxy) is 2. The third-order valence-corrected chi connectivity index (χ3v) is 11.0. The molecule has 0 radical (unpaired) electrons. The molecular weight excluding hydrogens is 774 g/mol. The van der Waals surface area contributed by atoms with Crippen molar-refractivity contribution in [3.05, 3.63) is 60.8 Å². The Morgan fingerprint density at radius 3 is 1.47 bits per heavy atom. The number of nitrogens with zero attached hydrogens (tertiary/aromatic N) is 1. The van der Waals surface area contributed by atoms with Crippen LogP contribution >= 0.6 is 7.82 Å². The highest BCUT2D eigenvalue weighted by Crippen LogP contribution is 2.43. The minimum atomic E-state index is -4.39. The Morgan fingerprint density at radius 2 is 0.950 bits per heavy atom. The fourth-order valence-electron chi connectivity index (χ4n) is 6.29. The summed E-state index contributed by atoms with van der Waals surface area (Å²) in [7, 11) is 1.45. The molecule has 0 aromatic heterocycles. The SMILES string of the molecule is CC/C=C/C/C=C/C/C=C/C/C=C/CCCCC(=O)OC[C@H](COP(=O)(O)OCC[N+](C)(C)C)OC(=O)CCCCCCCCCCCCC/C=C/CCCCCCCC. The molecule has 0 saturated carbocycles. The highest BCUT2D eigenvalue weighted by molar-refractivity contribution is 7.47. The number of phosphoric acid groups is 1. The van der Waals surface area contributed by atoms with Crippen LogP contribution in [0.25, 0.3) is 0 Å². The van der Waals surface area contributed by atoms with E-state index < -0.39 is 32.5 Å². The molecule has 2 atom stereocenters. The number of rotatable bonds is 43. The first kappa shape index (κ1) is 57.7. The summed E-state index contributed by atoms with van der Waals surface area (Å²) in [5.41, 5.74) is 0. The van der Waals surface area contributed by atoms with Gasteiger partial charge in [0.2, 0.25) is 0 Å². The van der Waals surface area contributed by atoms with Crippen LogP contribution in [0.5, 0.6) is 0 Å². The van der Waals surface area contributed by atoms with Crippen molar-refractivity contribution in [1.82, 2.24) is 0 Å². The average molecular weight is 865 g/mol. The third-order valence-electron chi connectivity index (χ3n) is 10.0. The van der Waals surface area contributed by atoms with Gasteiger partial charge in [-0.3, -0.25) is 18.6 Å². The molecular formula is C50H91NO8P+. The lowest BCUT2D eigenvalue weighted by atomic mass is 10.0. The number of phosphoric ester groups is 1. The van der Waals surface area contributed by atoms with Crippen molar-refractivity contribution in [2.45, 2.75) is 200 Å². The number of carbonyl (C=O) groups is 2. The molecule has 348 valence electrons. The molecule has 0 bridgehead atoms. The van der Waals surface area contributed by atoms with Gasteiger partial charge in [-0.1, -0.05) is 164 Å². The highest BCUT2D eigenvalue weighted by Gasteiger charge is 2.27. The van der Waals surface area contributed by atoms with E-state index in [2.05, 4.69) is 74.6 Å². The molecule has 0 amide bonds. The minimum absolute atomic E-state index is 0.0229. The lowest BCUT2D eigenvalue weighted by Crippen LogP contribution is -2.37. The maximum atomic E-state index is 12.7. The zero-order valence-electron chi connectivity index (χ0n) is 39.2. The van der Waals surface area contributed by atoms with Crippen LogP contribution in [0.2, 0.25) is 0 Å². The first-order valence-corrected chi connectivity index (χ1v) is 25.5. The van der Waals surface area contributed by atoms with Crippen LogP contribution in [-0.2, 0) is 32.7 Å². The van der Waals surface area contributed by atoms with Gasteiger partial charge in [0.1, 0.15) is 19.8 Å². The summed E-state index contributed by atoms with van der Waals surface area (Å²) in [5.74, 6) is -0.848. The Kier molecular flexibility index (Phi) is 40.4. The van der Waals surface area contributed by atoms with E-state index in [1.54, 1.807) is 0 Å². The molecule has 0 saturated heterocycles. The predicted molar refractivity (Wildman–Crippen MR) is 252 cm³/mol. The van der Waals surface area contributed by atoms with E-state index in [1.807, 2.05) is 21.1 Å². The Balaban J connectivity index is 4.33. The van der Waals surface area contributed by atoms with Crippen LogP contribution in [0.1, 0.15) is 194 Å². The summed E-state index contributed by atoms with van der Waals surface area (Å²) in [6.07, 6.45) is 51.3. The first-order chi connectivity index (χ1) is 29.0. The van der Waals surface area contributed by atoms with Crippen LogP contribution in [0.15, 0.2) is 60.8 Å². The van der Waals surface area contributed by atoms with Crippen molar-refractivity contribution >= 4 is 19.8 Å². The fourth-order valence-corrected chi connectivity index (χ4v) is 7.04. The summed E-state index contributed by atoms with van der Waals surface area (Å²) in [6.45, 7) is 4.26. The second-order valence-corrected chi connectivity index (χ2v) is 18.6. The maximum Gasteiger partial charge on any atom is 0.472 e.